The molecule has 0 unspecified atom stereocenters. The molecule has 1 aromatic heterocycles. The maximum absolute atomic E-state index is 12.8. The Morgan fingerprint density at radius 3 is 2.26 bits per heavy atom. The molecule has 0 saturated carbocycles. The van der Waals surface area contributed by atoms with Crippen LogP contribution in [0.2, 0.25) is 0 Å². The number of hydrogen-bond acceptors (Lipinski definition) is 8. The van der Waals surface area contributed by atoms with Crippen molar-refractivity contribution in [3.63, 3.8) is 0 Å². The number of nitrogens with zero attached hydrogens (tertiary/aromatic N) is 2. The molecule has 234 valence electrons. The standard InChI is InChI=1S/C35H32IN5O4S/c1-4-44-31-18-24(17-29(36)33(31)45-20-32(42)38-27-13-5-22(2)6-14-27)19-37-41-34(43)26-11-9-25(10-12-26)30-21-46-35(40-30)39-28-15-7-23(3)8-16-28/h5-19,21H,4,20H2,1-3H3,(H,38,42)(H,39,40)(H,41,43)/b37-19+. The van der Waals surface area contributed by atoms with Crippen LogP contribution >= 0.6 is 33.9 Å². The molecule has 3 N–H and O–H groups in total. The van der Waals surface area contributed by atoms with E-state index in [0.717, 1.165) is 31.2 Å². The van der Waals surface area contributed by atoms with Crippen molar-refractivity contribution in [2.75, 3.05) is 23.8 Å². The van der Waals surface area contributed by atoms with Gasteiger partial charge in [0, 0.05) is 27.9 Å². The molecule has 9 nitrogen and oxygen atoms in total. The van der Waals surface area contributed by atoms with E-state index in [0.29, 0.717) is 34.9 Å². The number of hydrazone groups is 1. The molecule has 0 aliphatic rings. The second-order valence-electron chi connectivity index (χ2n) is 10.3. The van der Waals surface area contributed by atoms with Crippen molar-refractivity contribution in [1.82, 2.24) is 10.4 Å². The first kappa shape index (κ1) is 32.6. The summed E-state index contributed by atoms with van der Waals surface area (Å²) < 4.78 is 12.4. The lowest BCUT2D eigenvalue weighted by atomic mass is 10.1. The van der Waals surface area contributed by atoms with Gasteiger partial charge in [-0.2, -0.15) is 5.10 Å². The van der Waals surface area contributed by atoms with Gasteiger partial charge in [0.2, 0.25) is 0 Å². The van der Waals surface area contributed by atoms with Crippen LogP contribution in [0.3, 0.4) is 0 Å². The number of thiazole rings is 1. The van der Waals surface area contributed by atoms with Crippen LogP contribution in [0.1, 0.15) is 34.0 Å². The highest BCUT2D eigenvalue weighted by molar-refractivity contribution is 14.1. The highest BCUT2D eigenvalue weighted by atomic mass is 127. The minimum absolute atomic E-state index is 0.180. The number of carbonyl (C=O) groups is 2. The van der Waals surface area contributed by atoms with Crippen LogP contribution in [0.25, 0.3) is 11.3 Å². The van der Waals surface area contributed by atoms with Crippen LogP contribution < -0.4 is 25.5 Å². The topological polar surface area (TPSA) is 114 Å². The average molecular weight is 746 g/mol. The van der Waals surface area contributed by atoms with E-state index in [2.05, 4.69) is 55.7 Å². The summed E-state index contributed by atoms with van der Waals surface area (Å²) in [4.78, 5) is 29.9. The van der Waals surface area contributed by atoms with E-state index in [1.807, 2.05) is 86.0 Å². The SMILES string of the molecule is CCOc1cc(/C=N/NC(=O)c2ccc(-c3csc(Nc4ccc(C)cc4)n3)cc2)cc(I)c1OCC(=O)Nc1ccc(C)cc1. The molecule has 2 amide bonds. The predicted molar refractivity (Wildman–Crippen MR) is 193 cm³/mol. The third-order valence-electron chi connectivity index (χ3n) is 6.64. The Hall–Kier alpha value is -4.75. The van der Waals surface area contributed by atoms with E-state index in [-0.39, 0.29) is 18.4 Å². The number of aromatic nitrogens is 1. The lowest BCUT2D eigenvalue weighted by Gasteiger charge is -2.14. The Morgan fingerprint density at radius 2 is 1.59 bits per heavy atom. The number of amides is 2. The fourth-order valence-corrected chi connectivity index (χ4v) is 5.80. The van der Waals surface area contributed by atoms with E-state index in [4.69, 9.17) is 9.47 Å². The fraction of sp³-hybridized carbons (Fsp3) is 0.143. The number of aryl methyl sites for hydroxylation is 2. The summed E-state index contributed by atoms with van der Waals surface area (Å²) in [5.74, 6) is 0.304. The highest BCUT2D eigenvalue weighted by Gasteiger charge is 2.14. The van der Waals surface area contributed by atoms with Crippen LogP contribution in [-0.4, -0.2) is 36.2 Å². The smallest absolute Gasteiger partial charge is 0.271 e. The highest BCUT2D eigenvalue weighted by Crippen LogP contribution is 2.34. The first-order valence-corrected chi connectivity index (χ1v) is 16.4. The van der Waals surface area contributed by atoms with E-state index >= 15 is 0 Å². The van der Waals surface area contributed by atoms with Gasteiger partial charge >= 0.3 is 0 Å². The zero-order valence-corrected chi connectivity index (χ0v) is 28.4. The molecule has 5 rings (SSSR count). The van der Waals surface area contributed by atoms with Crippen molar-refractivity contribution in [3.8, 4) is 22.8 Å². The Bertz CT molecular complexity index is 1840. The van der Waals surface area contributed by atoms with Crippen LogP contribution in [0.4, 0.5) is 16.5 Å². The lowest BCUT2D eigenvalue weighted by molar-refractivity contribution is -0.118. The van der Waals surface area contributed by atoms with Crippen LogP contribution in [0.5, 0.6) is 11.5 Å². The molecule has 1 heterocycles. The molecular weight excluding hydrogens is 713 g/mol. The van der Waals surface area contributed by atoms with Gasteiger partial charge in [0.25, 0.3) is 11.8 Å². The first-order chi connectivity index (χ1) is 22.3. The van der Waals surface area contributed by atoms with Crippen LogP contribution in [-0.2, 0) is 4.79 Å². The Balaban J connectivity index is 1.17. The van der Waals surface area contributed by atoms with Gasteiger partial charge in [0.1, 0.15) is 0 Å². The van der Waals surface area contributed by atoms with Crippen molar-refractivity contribution in [3.05, 3.63) is 116 Å². The molecule has 4 aromatic carbocycles. The summed E-state index contributed by atoms with van der Waals surface area (Å²) in [7, 11) is 0. The molecule has 0 radical (unpaired) electrons. The van der Waals surface area contributed by atoms with E-state index in [9.17, 15) is 9.59 Å². The van der Waals surface area contributed by atoms with Crippen LogP contribution in [0.15, 0.2) is 95.4 Å². The van der Waals surface area contributed by atoms with Crippen molar-refractivity contribution < 1.29 is 19.1 Å². The Morgan fingerprint density at radius 1 is 0.913 bits per heavy atom. The molecule has 46 heavy (non-hydrogen) atoms. The molecule has 0 bridgehead atoms. The first-order valence-electron chi connectivity index (χ1n) is 14.5. The normalized spacial score (nSPS) is 10.9. The third kappa shape index (κ3) is 8.92. The number of rotatable bonds is 12. The van der Waals surface area contributed by atoms with Gasteiger partial charge in [-0.15, -0.1) is 11.3 Å². The number of carbonyl (C=O) groups excluding carboxylic acids is 2. The lowest BCUT2D eigenvalue weighted by Crippen LogP contribution is -2.20. The zero-order chi connectivity index (χ0) is 32.5. The average Bonchev–Trinajstić information content (AvgIpc) is 3.51. The van der Waals surface area contributed by atoms with E-state index < -0.39 is 0 Å². The monoisotopic (exact) mass is 745 g/mol. The van der Waals surface area contributed by atoms with E-state index in [1.54, 1.807) is 18.2 Å². The van der Waals surface area contributed by atoms with Gasteiger partial charge in [-0.1, -0.05) is 47.5 Å². The molecular formula is C35H32IN5O4S. The minimum Gasteiger partial charge on any atom is -0.490 e. The zero-order valence-electron chi connectivity index (χ0n) is 25.5. The summed E-state index contributed by atoms with van der Waals surface area (Å²) in [6.07, 6.45) is 1.53. The van der Waals surface area contributed by atoms with Crippen LogP contribution in [0, 0.1) is 17.4 Å². The summed E-state index contributed by atoms with van der Waals surface area (Å²) in [6, 6.07) is 26.5. The van der Waals surface area contributed by atoms with E-state index in [1.165, 1.54) is 23.1 Å². The molecule has 0 aliphatic heterocycles. The number of ether oxygens (including phenoxy) is 2. The number of benzene rings is 4. The van der Waals surface area contributed by atoms with Gasteiger partial charge in [0.15, 0.2) is 23.2 Å². The molecule has 0 aliphatic carbocycles. The number of hydrogen-bond donors (Lipinski definition) is 3. The summed E-state index contributed by atoms with van der Waals surface area (Å²) in [6.45, 7) is 6.12. The molecule has 0 atom stereocenters. The molecule has 11 heteroatoms. The van der Waals surface area contributed by atoms with Crippen molar-refractivity contribution in [1.29, 1.82) is 0 Å². The fourth-order valence-electron chi connectivity index (χ4n) is 4.28. The largest absolute Gasteiger partial charge is 0.490 e. The third-order valence-corrected chi connectivity index (χ3v) is 8.20. The number of halogens is 1. The summed E-state index contributed by atoms with van der Waals surface area (Å²) >= 11 is 3.64. The van der Waals surface area contributed by atoms with Crippen molar-refractivity contribution in [2.45, 2.75) is 20.8 Å². The summed E-state index contributed by atoms with van der Waals surface area (Å²) in [5, 5.41) is 13.0. The summed E-state index contributed by atoms with van der Waals surface area (Å²) in [5.41, 5.74) is 9.44. The van der Waals surface area contributed by atoms with Gasteiger partial charge in [0.05, 0.1) is 22.1 Å². The van der Waals surface area contributed by atoms with Crippen molar-refractivity contribution in [2.24, 2.45) is 5.10 Å². The van der Waals surface area contributed by atoms with Gasteiger partial charge in [-0.3, -0.25) is 9.59 Å². The maximum atomic E-state index is 12.8. The predicted octanol–water partition coefficient (Wildman–Crippen LogP) is 7.96. The Kier molecular flexibility index (Phi) is 11.0. The Labute approximate surface area is 285 Å². The van der Waals surface area contributed by atoms with Gasteiger partial charge in [-0.25, -0.2) is 10.4 Å². The molecule has 5 aromatic rings. The molecule has 0 spiro atoms. The second-order valence-corrected chi connectivity index (χ2v) is 12.3. The number of anilines is 3. The minimum atomic E-state index is -0.345. The number of nitrogens with one attached hydrogen (secondary N) is 3. The van der Waals surface area contributed by atoms with Gasteiger partial charge in [-0.05, 0) is 97.5 Å². The maximum Gasteiger partial charge on any atom is 0.271 e. The molecule has 0 fully saturated rings. The van der Waals surface area contributed by atoms with Crippen molar-refractivity contribution >= 4 is 68.5 Å². The molecule has 0 saturated heterocycles. The van der Waals surface area contributed by atoms with Gasteiger partial charge < -0.3 is 20.1 Å². The second kappa shape index (κ2) is 15.5. The quantitative estimate of drug-likeness (QED) is 0.0679.